The van der Waals surface area contributed by atoms with Crippen molar-refractivity contribution in [2.45, 2.75) is 46.5 Å². The van der Waals surface area contributed by atoms with Crippen molar-refractivity contribution in [2.75, 3.05) is 11.9 Å². The van der Waals surface area contributed by atoms with E-state index in [1.54, 1.807) is 18.2 Å². The van der Waals surface area contributed by atoms with Crippen molar-refractivity contribution in [1.29, 1.82) is 0 Å². The van der Waals surface area contributed by atoms with E-state index in [9.17, 15) is 14.4 Å². The Labute approximate surface area is 169 Å². The van der Waals surface area contributed by atoms with Gasteiger partial charge in [-0.25, -0.2) is 0 Å². The standard InChI is InChI=1S/C20H24Cl2N2O3/c1-19(2)15-6-7-20(19,3)18(27)24(17(15)26)8-4-5-16(25)23-14-10-12(21)9-13(22)11-14/h9-11,15H,4-8H2,1-3H3,(H,23,25). The molecule has 146 valence electrons. The number of halogens is 2. The number of likely N-dealkylation sites (tertiary alicyclic amines) is 1. The van der Waals surface area contributed by atoms with Crippen LogP contribution in [-0.4, -0.2) is 29.2 Å². The second-order valence-electron chi connectivity index (χ2n) is 8.25. The van der Waals surface area contributed by atoms with Gasteiger partial charge in [-0.2, -0.15) is 0 Å². The van der Waals surface area contributed by atoms with Crippen molar-refractivity contribution in [2.24, 2.45) is 16.7 Å². The van der Waals surface area contributed by atoms with E-state index in [0.717, 1.165) is 12.8 Å². The molecule has 3 rings (SSSR count). The normalized spacial score (nSPS) is 26.4. The molecule has 0 aromatic heterocycles. The van der Waals surface area contributed by atoms with Crippen LogP contribution in [-0.2, 0) is 14.4 Å². The molecule has 1 aliphatic heterocycles. The molecule has 2 fully saturated rings. The molecule has 2 atom stereocenters. The Bertz CT molecular complexity index is 788. The van der Waals surface area contributed by atoms with Gasteiger partial charge in [0.15, 0.2) is 0 Å². The number of carbonyl (C=O) groups excluding carboxylic acids is 3. The minimum Gasteiger partial charge on any atom is -0.326 e. The molecule has 3 amide bonds. The van der Waals surface area contributed by atoms with Crippen molar-refractivity contribution in [3.8, 4) is 0 Å². The fraction of sp³-hybridized carbons (Fsp3) is 0.550. The zero-order valence-electron chi connectivity index (χ0n) is 15.8. The Hall–Kier alpha value is -1.59. The Morgan fingerprint density at radius 1 is 1.19 bits per heavy atom. The Morgan fingerprint density at radius 2 is 1.81 bits per heavy atom. The van der Waals surface area contributed by atoms with E-state index in [1.165, 1.54) is 4.90 Å². The summed E-state index contributed by atoms with van der Waals surface area (Å²) in [6, 6.07) is 4.82. The molecular formula is C20H24Cl2N2O3. The van der Waals surface area contributed by atoms with Gasteiger partial charge >= 0.3 is 0 Å². The SMILES string of the molecule is CC12CCC(C(=O)N(CCCC(=O)Nc3cc(Cl)cc(Cl)c3)C1=O)C2(C)C. The van der Waals surface area contributed by atoms with Gasteiger partial charge < -0.3 is 5.32 Å². The van der Waals surface area contributed by atoms with Crippen molar-refractivity contribution in [1.82, 2.24) is 4.90 Å². The summed E-state index contributed by atoms with van der Waals surface area (Å²) in [5, 5.41) is 3.62. The van der Waals surface area contributed by atoms with Crippen molar-refractivity contribution in [3.63, 3.8) is 0 Å². The molecule has 1 saturated carbocycles. The van der Waals surface area contributed by atoms with Gasteiger partial charge in [-0.05, 0) is 42.9 Å². The highest BCUT2D eigenvalue weighted by Crippen LogP contribution is 2.60. The monoisotopic (exact) mass is 410 g/mol. The number of amides is 3. The molecule has 0 spiro atoms. The van der Waals surface area contributed by atoms with Gasteiger partial charge in [0.25, 0.3) is 0 Å². The van der Waals surface area contributed by atoms with E-state index in [-0.39, 0.29) is 42.0 Å². The second kappa shape index (κ2) is 7.10. The van der Waals surface area contributed by atoms with Crippen molar-refractivity contribution < 1.29 is 14.4 Å². The van der Waals surface area contributed by atoms with E-state index < -0.39 is 5.41 Å². The largest absolute Gasteiger partial charge is 0.326 e. The maximum atomic E-state index is 12.9. The molecule has 0 radical (unpaired) electrons. The van der Waals surface area contributed by atoms with E-state index >= 15 is 0 Å². The molecule has 5 nitrogen and oxygen atoms in total. The maximum absolute atomic E-state index is 12.9. The van der Waals surface area contributed by atoms with E-state index in [4.69, 9.17) is 23.2 Å². The highest BCUT2D eigenvalue weighted by Gasteiger charge is 2.64. The number of fused-ring (bicyclic) bond motifs is 2. The zero-order chi connectivity index (χ0) is 20.0. The highest BCUT2D eigenvalue weighted by molar-refractivity contribution is 6.35. The number of rotatable bonds is 5. The molecule has 27 heavy (non-hydrogen) atoms. The zero-order valence-corrected chi connectivity index (χ0v) is 17.3. The predicted octanol–water partition coefficient (Wildman–Crippen LogP) is 4.52. The van der Waals surface area contributed by atoms with E-state index in [1.807, 2.05) is 20.8 Å². The lowest BCUT2D eigenvalue weighted by molar-refractivity contribution is -0.168. The minimum absolute atomic E-state index is 0.0954. The van der Waals surface area contributed by atoms with Gasteiger partial charge in [0.1, 0.15) is 0 Å². The van der Waals surface area contributed by atoms with Crippen molar-refractivity contribution >= 4 is 46.6 Å². The Balaban J connectivity index is 1.58. The van der Waals surface area contributed by atoms with Crippen LogP contribution in [0.1, 0.15) is 46.5 Å². The third-order valence-corrected chi connectivity index (χ3v) is 6.88. The summed E-state index contributed by atoms with van der Waals surface area (Å²) in [5.41, 5.74) is -0.304. The predicted molar refractivity (Wildman–Crippen MR) is 106 cm³/mol. The second-order valence-corrected chi connectivity index (χ2v) is 9.12. The van der Waals surface area contributed by atoms with Crippen LogP contribution in [0.25, 0.3) is 0 Å². The fourth-order valence-electron chi connectivity index (χ4n) is 4.36. The number of nitrogens with zero attached hydrogens (tertiary/aromatic N) is 1. The molecular weight excluding hydrogens is 387 g/mol. The topological polar surface area (TPSA) is 66.5 Å². The number of carbonyl (C=O) groups is 3. The average molecular weight is 411 g/mol. The third kappa shape index (κ3) is 3.47. The summed E-state index contributed by atoms with van der Waals surface area (Å²) in [6.07, 6.45) is 2.11. The lowest BCUT2D eigenvalue weighted by Crippen LogP contribution is -2.59. The summed E-state index contributed by atoms with van der Waals surface area (Å²) in [7, 11) is 0. The molecule has 1 aliphatic carbocycles. The van der Waals surface area contributed by atoms with Crippen LogP contribution in [0.3, 0.4) is 0 Å². The molecule has 1 N–H and O–H groups in total. The Morgan fingerprint density at radius 3 is 2.44 bits per heavy atom. The van der Waals surface area contributed by atoms with Gasteiger partial charge in [0, 0.05) is 34.6 Å². The molecule has 1 saturated heterocycles. The summed E-state index contributed by atoms with van der Waals surface area (Å²) < 4.78 is 0. The van der Waals surface area contributed by atoms with E-state index in [0.29, 0.717) is 22.2 Å². The average Bonchev–Trinajstić information content (AvgIpc) is 2.74. The number of piperidine rings is 1. The summed E-state index contributed by atoms with van der Waals surface area (Å²) in [5.74, 6) is -0.530. The summed E-state index contributed by atoms with van der Waals surface area (Å²) in [6.45, 7) is 6.26. The van der Waals surface area contributed by atoms with Crippen LogP contribution < -0.4 is 5.32 Å². The molecule has 2 aliphatic rings. The van der Waals surface area contributed by atoms with Crippen LogP contribution in [0.2, 0.25) is 10.0 Å². The number of imide groups is 1. The van der Waals surface area contributed by atoms with Crippen LogP contribution in [0.5, 0.6) is 0 Å². The molecule has 2 unspecified atom stereocenters. The lowest BCUT2D eigenvalue weighted by Gasteiger charge is -2.47. The van der Waals surface area contributed by atoms with Crippen LogP contribution in [0.15, 0.2) is 18.2 Å². The number of nitrogens with one attached hydrogen (secondary N) is 1. The number of hydrogen-bond acceptors (Lipinski definition) is 3. The third-order valence-electron chi connectivity index (χ3n) is 6.44. The van der Waals surface area contributed by atoms with Gasteiger partial charge in [-0.1, -0.05) is 44.0 Å². The quantitative estimate of drug-likeness (QED) is 0.725. The first-order valence-corrected chi connectivity index (χ1v) is 9.93. The number of hydrogen-bond donors (Lipinski definition) is 1. The van der Waals surface area contributed by atoms with Gasteiger partial charge in [0.05, 0.1) is 5.41 Å². The van der Waals surface area contributed by atoms with Crippen molar-refractivity contribution in [3.05, 3.63) is 28.2 Å². The first-order valence-electron chi connectivity index (χ1n) is 9.18. The molecule has 7 heteroatoms. The number of anilines is 1. The van der Waals surface area contributed by atoms with Gasteiger partial charge in [0.2, 0.25) is 17.7 Å². The molecule has 1 aromatic rings. The Kier molecular flexibility index (Phi) is 5.30. The first-order chi connectivity index (χ1) is 12.6. The molecule has 1 heterocycles. The molecule has 2 bridgehead atoms. The minimum atomic E-state index is -0.509. The van der Waals surface area contributed by atoms with E-state index in [2.05, 4.69) is 5.32 Å². The maximum Gasteiger partial charge on any atom is 0.235 e. The van der Waals surface area contributed by atoms with Gasteiger partial charge in [-0.3, -0.25) is 19.3 Å². The highest BCUT2D eigenvalue weighted by atomic mass is 35.5. The lowest BCUT2D eigenvalue weighted by atomic mass is 9.62. The first kappa shape index (κ1) is 20.2. The van der Waals surface area contributed by atoms with Gasteiger partial charge in [-0.15, -0.1) is 0 Å². The molecule has 1 aromatic carbocycles. The smallest absolute Gasteiger partial charge is 0.235 e. The number of benzene rings is 1. The summed E-state index contributed by atoms with van der Waals surface area (Å²) in [4.78, 5) is 39.2. The van der Waals surface area contributed by atoms with Crippen LogP contribution in [0.4, 0.5) is 5.69 Å². The summed E-state index contributed by atoms with van der Waals surface area (Å²) >= 11 is 11.8. The van der Waals surface area contributed by atoms with Crippen LogP contribution in [0, 0.1) is 16.7 Å². The fourth-order valence-corrected chi connectivity index (χ4v) is 4.89. The van der Waals surface area contributed by atoms with Crippen LogP contribution >= 0.6 is 23.2 Å².